The average molecular weight is 429 g/mol. The first-order chi connectivity index (χ1) is 10.5. The van der Waals surface area contributed by atoms with Crippen LogP contribution in [0.1, 0.15) is 15.9 Å². The number of phenolic OH excluding ortho intramolecular Hbond substituents is 1. The predicted octanol–water partition coefficient (Wildman–Crippen LogP) is 4.28. The average Bonchev–Trinajstić information content (AvgIpc) is 2.96. The zero-order valence-electron chi connectivity index (χ0n) is 11.2. The molecule has 0 saturated heterocycles. The fourth-order valence-electron chi connectivity index (χ4n) is 2.03. The summed E-state index contributed by atoms with van der Waals surface area (Å²) in [5, 5.41) is 10.4. The minimum atomic E-state index is -0.324. The molecule has 1 aliphatic rings. The lowest BCUT2D eigenvalue weighted by molar-refractivity contribution is 0.104. The highest BCUT2D eigenvalue weighted by Crippen LogP contribution is 2.33. The number of carbonyl (C=O) groups excluding carboxylic acids is 1. The van der Waals surface area contributed by atoms with E-state index in [1.54, 1.807) is 24.3 Å². The van der Waals surface area contributed by atoms with Crippen molar-refractivity contribution in [1.82, 2.24) is 0 Å². The number of allylic oxidation sites excluding steroid dienone is 1. The van der Waals surface area contributed by atoms with Crippen LogP contribution in [0.2, 0.25) is 5.02 Å². The number of aromatic hydroxyl groups is 1. The molecule has 0 amide bonds. The van der Waals surface area contributed by atoms with E-state index < -0.39 is 0 Å². The first kappa shape index (κ1) is 15.2. The maximum Gasteiger partial charge on any atom is 0.231 e. The van der Waals surface area contributed by atoms with E-state index in [0.717, 1.165) is 5.56 Å². The van der Waals surface area contributed by atoms with Gasteiger partial charge in [-0.15, -0.1) is 0 Å². The van der Waals surface area contributed by atoms with E-state index in [1.165, 1.54) is 12.1 Å². The van der Waals surface area contributed by atoms with Gasteiger partial charge in [0.05, 0.1) is 9.13 Å². The van der Waals surface area contributed by atoms with Crippen molar-refractivity contribution >= 4 is 46.1 Å². The van der Waals surface area contributed by atoms with Gasteiger partial charge in [0.1, 0.15) is 5.75 Å². The monoisotopic (exact) mass is 428 g/mol. The van der Waals surface area contributed by atoms with Crippen molar-refractivity contribution in [3.05, 3.63) is 56.1 Å². The summed E-state index contributed by atoms with van der Waals surface area (Å²) in [6, 6.07) is 8.43. The predicted molar refractivity (Wildman–Crippen MR) is 91.8 cm³/mol. The maximum absolute atomic E-state index is 12.2. The Morgan fingerprint density at radius 3 is 2.82 bits per heavy atom. The maximum atomic E-state index is 12.2. The Balaban J connectivity index is 1.85. The van der Waals surface area contributed by atoms with Gasteiger partial charge in [-0.1, -0.05) is 23.7 Å². The summed E-state index contributed by atoms with van der Waals surface area (Å²) in [4.78, 5) is 12.2. The van der Waals surface area contributed by atoms with Crippen LogP contribution in [-0.4, -0.2) is 17.7 Å². The minimum Gasteiger partial charge on any atom is -0.506 e. The first-order valence-corrected chi connectivity index (χ1v) is 7.80. The third-order valence-electron chi connectivity index (χ3n) is 3.12. The van der Waals surface area contributed by atoms with Gasteiger partial charge in [0, 0.05) is 5.02 Å². The standard InChI is InChI=1S/C16H10ClIO4/c17-10-6-11(16(20)12(18)7-10)13(19)3-1-9-2-4-14-15(5-9)22-8-21-14/h1-7,20H,8H2/b3-1+. The number of halogens is 2. The molecule has 1 heterocycles. The second kappa shape index (κ2) is 6.18. The summed E-state index contributed by atoms with van der Waals surface area (Å²) in [5.41, 5.74) is 0.975. The number of hydrogen-bond acceptors (Lipinski definition) is 4. The van der Waals surface area contributed by atoms with Crippen LogP contribution >= 0.6 is 34.2 Å². The first-order valence-electron chi connectivity index (χ1n) is 6.34. The van der Waals surface area contributed by atoms with Gasteiger partial charge < -0.3 is 14.6 Å². The molecule has 112 valence electrons. The summed E-state index contributed by atoms with van der Waals surface area (Å²) in [6.07, 6.45) is 3.04. The fraction of sp³-hybridized carbons (Fsp3) is 0.0625. The number of carbonyl (C=O) groups is 1. The Hall–Kier alpha value is -1.73. The Morgan fingerprint density at radius 1 is 1.23 bits per heavy atom. The van der Waals surface area contributed by atoms with E-state index >= 15 is 0 Å². The van der Waals surface area contributed by atoms with Gasteiger partial charge in [-0.3, -0.25) is 4.79 Å². The molecule has 0 aliphatic carbocycles. The van der Waals surface area contributed by atoms with Gasteiger partial charge in [0.25, 0.3) is 0 Å². The van der Waals surface area contributed by atoms with Crippen LogP contribution in [0.15, 0.2) is 36.4 Å². The molecule has 0 saturated carbocycles. The number of ether oxygens (including phenoxy) is 2. The summed E-state index contributed by atoms with van der Waals surface area (Å²) < 4.78 is 11.0. The van der Waals surface area contributed by atoms with Crippen molar-refractivity contribution in [3.8, 4) is 17.2 Å². The second-order valence-corrected chi connectivity index (χ2v) is 6.19. The molecule has 6 heteroatoms. The van der Waals surface area contributed by atoms with E-state index in [4.69, 9.17) is 21.1 Å². The van der Waals surface area contributed by atoms with Crippen molar-refractivity contribution in [2.45, 2.75) is 0 Å². The Kier molecular flexibility index (Phi) is 4.26. The molecule has 1 aliphatic heterocycles. The number of fused-ring (bicyclic) bond motifs is 1. The quantitative estimate of drug-likeness (QED) is 0.451. The highest BCUT2D eigenvalue weighted by molar-refractivity contribution is 14.1. The molecule has 0 bridgehead atoms. The van der Waals surface area contributed by atoms with Crippen molar-refractivity contribution in [2.75, 3.05) is 6.79 Å². The Bertz CT molecular complexity index is 786. The van der Waals surface area contributed by atoms with Crippen LogP contribution in [0.4, 0.5) is 0 Å². The number of ketones is 1. The molecule has 0 radical (unpaired) electrons. The van der Waals surface area contributed by atoms with Gasteiger partial charge in [-0.05, 0) is 58.5 Å². The van der Waals surface area contributed by atoms with Crippen LogP contribution in [0.3, 0.4) is 0 Å². The van der Waals surface area contributed by atoms with Gasteiger partial charge >= 0.3 is 0 Å². The van der Waals surface area contributed by atoms with Crippen LogP contribution in [0.5, 0.6) is 17.2 Å². The summed E-state index contributed by atoms with van der Waals surface area (Å²) in [5.74, 6) is 0.946. The molecule has 0 unspecified atom stereocenters. The highest BCUT2D eigenvalue weighted by Gasteiger charge is 2.14. The number of hydrogen-bond donors (Lipinski definition) is 1. The molecule has 3 rings (SSSR count). The van der Waals surface area contributed by atoms with Gasteiger partial charge in [0.2, 0.25) is 6.79 Å². The Labute approximate surface area is 145 Å². The molecular weight excluding hydrogens is 419 g/mol. The van der Waals surface area contributed by atoms with E-state index in [-0.39, 0.29) is 23.9 Å². The molecular formula is C16H10ClIO4. The van der Waals surface area contributed by atoms with Crippen molar-refractivity contribution in [1.29, 1.82) is 0 Å². The topological polar surface area (TPSA) is 55.8 Å². The lowest BCUT2D eigenvalue weighted by Gasteiger charge is -2.04. The molecule has 0 spiro atoms. The third-order valence-corrected chi connectivity index (χ3v) is 4.16. The highest BCUT2D eigenvalue weighted by atomic mass is 127. The second-order valence-electron chi connectivity index (χ2n) is 4.59. The van der Waals surface area contributed by atoms with Crippen LogP contribution in [0.25, 0.3) is 6.08 Å². The van der Waals surface area contributed by atoms with E-state index in [9.17, 15) is 9.90 Å². The van der Waals surface area contributed by atoms with Gasteiger partial charge in [-0.25, -0.2) is 0 Å². The zero-order valence-corrected chi connectivity index (χ0v) is 14.1. The van der Waals surface area contributed by atoms with E-state index in [0.29, 0.717) is 20.1 Å². The number of phenols is 1. The van der Waals surface area contributed by atoms with Crippen LogP contribution < -0.4 is 9.47 Å². The van der Waals surface area contributed by atoms with Crippen LogP contribution in [0, 0.1) is 3.57 Å². The number of rotatable bonds is 3. The molecule has 2 aromatic carbocycles. The Morgan fingerprint density at radius 2 is 2.00 bits per heavy atom. The zero-order chi connectivity index (χ0) is 15.7. The smallest absolute Gasteiger partial charge is 0.231 e. The lowest BCUT2D eigenvalue weighted by Crippen LogP contribution is -1.96. The van der Waals surface area contributed by atoms with Crippen molar-refractivity contribution < 1.29 is 19.4 Å². The molecule has 0 fully saturated rings. The molecule has 0 atom stereocenters. The molecule has 0 aromatic heterocycles. The lowest BCUT2D eigenvalue weighted by atomic mass is 10.1. The SMILES string of the molecule is O=C(/C=C/c1ccc2c(c1)OCO2)c1cc(Cl)cc(I)c1O. The van der Waals surface area contributed by atoms with E-state index in [2.05, 4.69) is 0 Å². The normalized spacial score (nSPS) is 12.8. The molecule has 1 N–H and O–H groups in total. The molecule has 22 heavy (non-hydrogen) atoms. The van der Waals surface area contributed by atoms with Gasteiger partial charge in [-0.2, -0.15) is 0 Å². The molecule has 2 aromatic rings. The molecule has 4 nitrogen and oxygen atoms in total. The van der Waals surface area contributed by atoms with Crippen molar-refractivity contribution in [3.63, 3.8) is 0 Å². The van der Waals surface area contributed by atoms with Crippen LogP contribution in [-0.2, 0) is 0 Å². The summed E-state index contributed by atoms with van der Waals surface area (Å²) in [7, 11) is 0. The summed E-state index contributed by atoms with van der Waals surface area (Å²) in [6.45, 7) is 0.205. The van der Waals surface area contributed by atoms with Gasteiger partial charge in [0.15, 0.2) is 17.3 Å². The minimum absolute atomic E-state index is 0.0645. The van der Waals surface area contributed by atoms with Crippen molar-refractivity contribution in [2.24, 2.45) is 0 Å². The number of benzene rings is 2. The largest absolute Gasteiger partial charge is 0.506 e. The third kappa shape index (κ3) is 3.05. The fourth-order valence-corrected chi connectivity index (χ4v) is 3.06. The summed E-state index contributed by atoms with van der Waals surface area (Å²) >= 11 is 7.85. The van der Waals surface area contributed by atoms with E-state index in [1.807, 2.05) is 28.7 Å².